The first-order valence-corrected chi connectivity index (χ1v) is 8.81. The third kappa shape index (κ3) is 3.93. The molecule has 6 nitrogen and oxygen atoms in total. The van der Waals surface area contributed by atoms with Gasteiger partial charge in [0.2, 0.25) is 0 Å². The summed E-state index contributed by atoms with van der Waals surface area (Å²) in [7, 11) is 0. The summed E-state index contributed by atoms with van der Waals surface area (Å²) < 4.78 is 54.6. The van der Waals surface area contributed by atoms with E-state index in [1.165, 1.54) is 24.3 Å². The molecule has 2 aromatic heterocycles. The number of rotatable bonds is 3. The molecule has 0 aliphatic rings. The number of aromatic nitrogens is 3. The van der Waals surface area contributed by atoms with Crippen LogP contribution in [-0.2, 0) is 6.18 Å². The van der Waals surface area contributed by atoms with E-state index in [-0.39, 0.29) is 33.8 Å². The maximum absolute atomic E-state index is 13.6. The van der Waals surface area contributed by atoms with Crippen molar-refractivity contribution in [3.63, 3.8) is 0 Å². The first-order chi connectivity index (χ1) is 14.8. The van der Waals surface area contributed by atoms with Gasteiger partial charge in [-0.25, -0.2) is 13.9 Å². The quantitative estimate of drug-likeness (QED) is 0.483. The number of halogens is 4. The fraction of sp³-hybridized carbons (Fsp3) is 0.0476. The molecule has 0 aliphatic heterocycles. The summed E-state index contributed by atoms with van der Waals surface area (Å²) in [6.07, 6.45) is -4.79. The molecule has 0 saturated carbocycles. The van der Waals surface area contributed by atoms with Crippen LogP contribution in [0.15, 0.2) is 60.7 Å². The monoisotopic (exact) mass is 425 g/mol. The average molecular weight is 425 g/mol. The third-order valence-electron chi connectivity index (χ3n) is 4.39. The Bertz CT molecular complexity index is 1340. The fourth-order valence-corrected chi connectivity index (χ4v) is 2.93. The first-order valence-electron chi connectivity index (χ1n) is 8.81. The SMILES string of the molecule is N#Cc1ccccc1NC(=O)c1cc2nc(-c3ccc(F)cc3)cc(C(F)(F)F)n2n1. The highest BCUT2D eigenvalue weighted by atomic mass is 19.4. The first kappa shape index (κ1) is 20.0. The van der Waals surface area contributed by atoms with Crippen LogP contribution in [0.25, 0.3) is 16.9 Å². The number of hydrogen-bond acceptors (Lipinski definition) is 4. The van der Waals surface area contributed by atoms with Gasteiger partial charge in [0.05, 0.1) is 16.9 Å². The van der Waals surface area contributed by atoms with Crippen molar-refractivity contribution in [3.8, 4) is 17.3 Å². The van der Waals surface area contributed by atoms with E-state index in [1.54, 1.807) is 12.1 Å². The number of nitrogens with one attached hydrogen (secondary N) is 1. The van der Waals surface area contributed by atoms with E-state index in [9.17, 15) is 22.4 Å². The van der Waals surface area contributed by atoms with Crippen LogP contribution < -0.4 is 5.32 Å². The van der Waals surface area contributed by atoms with Gasteiger partial charge in [-0.3, -0.25) is 4.79 Å². The molecule has 154 valence electrons. The minimum Gasteiger partial charge on any atom is -0.319 e. The van der Waals surface area contributed by atoms with Crippen molar-refractivity contribution in [2.45, 2.75) is 6.18 Å². The lowest BCUT2D eigenvalue weighted by molar-refractivity contribution is -0.142. The Kier molecular flexibility index (Phi) is 4.87. The molecule has 0 unspecified atom stereocenters. The molecule has 2 heterocycles. The summed E-state index contributed by atoms with van der Waals surface area (Å²) in [5.74, 6) is -1.34. The second kappa shape index (κ2) is 7.53. The minimum absolute atomic E-state index is 0.0542. The Morgan fingerprint density at radius 2 is 1.77 bits per heavy atom. The molecule has 4 aromatic rings. The van der Waals surface area contributed by atoms with Crippen LogP contribution >= 0.6 is 0 Å². The van der Waals surface area contributed by atoms with Gasteiger partial charge in [-0.1, -0.05) is 12.1 Å². The second-order valence-electron chi connectivity index (χ2n) is 6.44. The molecule has 31 heavy (non-hydrogen) atoms. The summed E-state index contributed by atoms with van der Waals surface area (Å²) in [6.45, 7) is 0. The fourth-order valence-electron chi connectivity index (χ4n) is 2.93. The lowest BCUT2D eigenvalue weighted by Crippen LogP contribution is -2.16. The Labute approximate surface area is 172 Å². The van der Waals surface area contributed by atoms with E-state index in [4.69, 9.17) is 5.26 Å². The number of amides is 1. The van der Waals surface area contributed by atoms with Gasteiger partial charge >= 0.3 is 6.18 Å². The molecular formula is C21H11F4N5O. The average Bonchev–Trinajstić information content (AvgIpc) is 3.17. The van der Waals surface area contributed by atoms with E-state index in [2.05, 4.69) is 15.4 Å². The zero-order valence-electron chi connectivity index (χ0n) is 15.5. The molecule has 4 rings (SSSR count). The Hall–Kier alpha value is -4.26. The van der Waals surface area contributed by atoms with Gasteiger partial charge in [-0.2, -0.15) is 23.5 Å². The van der Waals surface area contributed by atoms with E-state index >= 15 is 0 Å². The summed E-state index contributed by atoms with van der Waals surface area (Å²) >= 11 is 0. The molecule has 0 bridgehead atoms. The van der Waals surface area contributed by atoms with Crippen molar-refractivity contribution in [2.24, 2.45) is 0 Å². The summed E-state index contributed by atoms with van der Waals surface area (Å²) in [4.78, 5) is 16.7. The third-order valence-corrected chi connectivity index (χ3v) is 4.39. The van der Waals surface area contributed by atoms with Gasteiger partial charge in [0.25, 0.3) is 5.91 Å². The lowest BCUT2D eigenvalue weighted by Gasteiger charge is -2.11. The van der Waals surface area contributed by atoms with Gasteiger partial charge in [-0.15, -0.1) is 0 Å². The van der Waals surface area contributed by atoms with E-state index in [0.717, 1.165) is 24.3 Å². The van der Waals surface area contributed by atoms with Gasteiger partial charge in [0, 0.05) is 11.6 Å². The van der Waals surface area contributed by atoms with Crippen LogP contribution in [0.2, 0.25) is 0 Å². The zero-order valence-corrected chi connectivity index (χ0v) is 15.5. The molecule has 1 amide bonds. The smallest absolute Gasteiger partial charge is 0.319 e. The largest absolute Gasteiger partial charge is 0.433 e. The van der Waals surface area contributed by atoms with Gasteiger partial charge in [0.15, 0.2) is 17.0 Å². The minimum atomic E-state index is -4.79. The Morgan fingerprint density at radius 1 is 1.06 bits per heavy atom. The van der Waals surface area contributed by atoms with Crippen LogP contribution in [0.3, 0.4) is 0 Å². The Balaban J connectivity index is 1.79. The summed E-state index contributed by atoms with van der Waals surface area (Å²) in [5.41, 5.74) is -1.08. The predicted molar refractivity (Wildman–Crippen MR) is 102 cm³/mol. The number of nitrogens with zero attached hydrogens (tertiary/aromatic N) is 4. The number of anilines is 1. The van der Waals surface area contributed by atoms with Crippen molar-refractivity contribution < 1.29 is 22.4 Å². The molecule has 0 saturated heterocycles. The highest BCUT2D eigenvalue weighted by Gasteiger charge is 2.35. The van der Waals surface area contributed by atoms with Crippen LogP contribution in [0.1, 0.15) is 21.7 Å². The van der Waals surface area contributed by atoms with Gasteiger partial charge in [0.1, 0.15) is 11.9 Å². The number of alkyl halides is 3. The van der Waals surface area contributed by atoms with Crippen LogP contribution in [0.4, 0.5) is 23.2 Å². The number of carbonyl (C=O) groups is 1. The van der Waals surface area contributed by atoms with Crippen molar-refractivity contribution in [1.29, 1.82) is 5.26 Å². The molecule has 2 aromatic carbocycles. The van der Waals surface area contributed by atoms with E-state index in [1.807, 2.05) is 6.07 Å². The zero-order chi connectivity index (χ0) is 22.2. The standard InChI is InChI=1S/C21H11F4N5O/c22-14-7-5-12(6-8-14)16-9-18(21(23,24)25)30-19(27-16)10-17(29-30)20(31)28-15-4-2-1-3-13(15)11-26/h1-10H,(H,28,31). The highest BCUT2D eigenvalue weighted by Crippen LogP contribution is 2.32. The maximum atomic E-state index is 13.6. The molecule has 0 fully saturated rings. The molecule has 0 atom stereocenters. The normalized spacial score (nSPS) is 11.3. The van der Waals surface area contributed by atoms with Crippen molar-refractivity contribution in [1.82, 2.24) is 14.6 Å². The molecule has 0 aliphatic carbocycles. The van der Waals surface area contributed by atoms with Crippen LogP contribution in [0.5, 0.6) is 0 Å². The number of benzene rings is 2. The predicted octanol–water partition coefficient (Wildman–Crippen LogP) is 4.68. The maximum Gasteiger partial charge on any atom is 0.433 e. The lowest BCUT2D eigenvalue weighted by atomic mass is 10.1. The van der Waals surface area contributed by atoms with Crippen molar-refractivity contribution in [3.05, 3.63) is 83.4 Å². The molecule has 1 N–H and O–H groups in total. The summed E-state index contributed by atoms with van der Waals surface area (Å²) in [5, 5.41) is 15.3. The number of hydrogen-bond donors (Lipinski definition) is 1. The second-order valence-corrected chi connectivity index (χ2v) is 6.44. The van der Waals surface area contributed by atoms with Crippen molar-refractivity contribution in [2.75, 3.05) is 5.32 Å². The molecule has 0 spiro atoms. The molecular weight excluding hydrogens is 414 g/mol. The van der Waals surface area contributed by atoms with Crippen LogP contribution in [-0.4, -0.2) is 20.5 Å². The topological polar surface area (TPSA) is 83.1 Å². The molecule has 0 radical (unpaired) electrons. The van der Waals surface area contributed by atoms with Crippen molar-refractivity contribution >= 4 is 17.2 Å². The number of fused-ring (bicyclic) bond motifs is 1. The Morgan fingerprint density at radius 3 is 2.45 bits per heavy atom. The van der Waals surface area contributed by atoms with Gasteiger partial charge < -0.3 is 5.32 Å². The highest BCUT2D eigenvalue weighted by molar-refractivity contribution is 6.04. The number of para-hydroxylation sites is 1. The molecule has 10 heteroatoms. The van der Waals surface area contributed by atoms with Gasteiger partial charge in [-0.05, 0) is 42.5 Å². The number of carbonyl (C=O) groups excluding carboxylic acids is 1. The summed E-state index contributed by atoms with van der Waals surface area (Å²) in [6, 6.07) is 14.8. The van der Waals surface area contributed by atoms with E-state index in [0.29, 0.717) is 4.52 Å². The van der Waals surface area contributed by atoms with E-state index < -0.39 is 23.6 Å². The number of nitriles is 1. The van der Waals surface area contributed by atoms with Crippen LogP contribution in [0, 0.1) is 17.1 Å².